The van der Waals surface area contributed by atoms with Crippen molar-refractivity contribution in [1.82, 2.24) is 0 Å². The highest BCUT2D eigenvalue weighted by Gasteiger charge is 2.63. The van der Waals surface area contributed by atoms with E-state index in [0.29, 0.717) is 21.4 Å². The minimum Gasteiger partial charge on any atom is -0.488 e. The first kappa shape index (κ1) is 44.7. The van der Waals surface area contributed by atoms with Crippen LogP contribution in [0.25, 0.3) is 0 Å². The quantitative estimate of drug-likeness (QED) is 0.284. The molecule has 3 fully saturated rings. The molecule has 8 nitrogen and oxygen atoms in total. The van der Waals surface area contributed by atoms with E-state index in [4.69, 9.17) is 37.4 Å². The van der Waals surface area contributed by atoms with Crippen LogP contribution in [0.1, 0.15) is 125 Å². The zero-order chi connectivity index (χ0) is 40.1. The summed E-state index contributed by atoms with van der Waals surface area (Å²) in [6.07, 6.45) is 0. The lowest BCUT2D eigenvalue weighted by Gasteiger charge is -2.32. The molecule has 290 valence electrons. The van der Waals surface area contributed by atoms with Crippen LogP contribution in [0, 0.1) is 11.6 Å². The SMILES string of the molecule is CC(C)(C)Oc1cc(F)cc(B2OC(C)(C)C(C)(C)O2)c1.CC(C)(C)Oc1cc(F)cc(Br)c1.CC1(C)OB(B2OC(C)(C)C(C)(C)O2)OC1(C)C. The molecule has 3 saturated heterocycles. The van der Waals surface area contributed by atoms with E-state index >= 15 is 0 Å². The fraction of sp³-hybridized carbons (Fsp3) is 0.684. The monoisotopic (exact) mass is 794 g/mol. The Kier molecular flexibility index (Phi) is 13.0. The molecule has 0 bridgehead atoms. The average Bonchev–Trinajstić information content (AvgIpc) is 3.35. The van der Waals surface area contributed by atoms with E-state index in [-0.39, 0.29) is 45.2 Å². The molecule has 2 aromatic carbocycles. The van der Waals surface area contributed by atoms with Gasteiger partial charge in [-0.15, -0.1) is 0 Å². The van der Waals surface area contributed by atoms with Crippen LogP contribution >= 0.6 is 15.9 Å². The molecule has 5 rings (SSSR count). The number of hydrogen-bond acceptors (Lipinski definition) is 8. The summed E-state index contributed by atoms with van der Waals surface area (Å²) in [7, 11) is -1.54. The lowest BCUT2D eigenvalue weighted by Crippen LogP contribution is -2.41. The number of hydrogen-bond donors (Lipinski definition) is 0. The van der Waals surface area contributed by atoms with Crippen molar-refractivity contribution in [2.75, 3.05) is 0 Å². The van der Waals surface area contributed by atoms with Crippen LogP contribution in [-0.4, -0.2) is 65.9 Å². The lowest BCUT2D eigenvalue weighted by molar-refractivity contribution is 0.00578. The second-order valence-electron chi connectivity index (χ2n) is 18.6. The van der Waals surface area contributed by atoms with Gasteiger partial charge in [-0.05, 0) is 154 Å². The number of benzene rings is 2. The van der Waals surface area contributed by atoms with Gasteiger partial charge in [0.1, 0.15) is 34.3 Å². The fourth-order valence-corrected chi connectivity index (χ4v) is 5.50. The first-order valence-electron chi connectivity index (χ1n) is 17.9. The molecule has 2 aromatic rings. The van der Waals surface area contributed by atoms with Crippen molar-refractivity contribution in [3.8, 4) is 11.5 Å². The molecule has 3 aliphatic rings. The van der Waals surface area contributed by atoms with Crippen LogP contribution in [-0.2, 0) is 27.9 Å². The topological polar surface area (TPSA) is 73.8 Å². The van der Waals surface area contributed by atoms with E-state index in [1.807, 2.05) is 125 Å². The van der Waals surface area contributed by atoms with Gasteiger partial charge in [0.05, 0.1) is 33.6 Å². The molecule has 0 aliphatic carbocycles. The third-order valence-corrected chi connectivity index (χ3v) is 10.3. The zero-order valence-corrected chi connectivity index (χ0v) is 36.2. The summed E-state index contributed by atoms with van der Waals surface area (Å²) in [5.74, 6) is 0.363. The maximum Gasteiger partial charge on any atom is 0.495 e. The number of rotatable bonds is 4. The second-order valence-corrected chi connectivity index (χ2v) is 19.5. The Morgan fingerprint density at radius 1 is 0.481 bits per heavy atom. The molecule has 52 heavy (non-hydrogen) atoms. The van der Waals surface area contributed by atoms with Gasteiger partial charge < -0.3 is 37.4 Å². The first-order valence-corrected chi connectivity index (χ1v) is 18.7. The molecule has 0 radical (unpaired) electrons. The Hall–Kier alpha value is -1.67. The van der Waals surface area contributed by atoms with E-state index in [9.17, 15) is 8.78 Å². The summed E-state index contributed by atoms with van der Waals surface area (Å²) < 4.78 is 74.4. The number of ether oxygens (including phenoxy) is 2. The Labute approximate surface area is 321 Å². The molecule has 14 heteroatoms. The molecule has 0 aromatic heterocycles. The lowest BCUT2D eigenvalue weighted by atomic mass is 9.49. The van der Waals surface area contributed by atoms with Crippen molar-refractivity contribution in [1.29, 1.82) is 0 Å². The summed E-state index contributed by atoms with van der Waals surface area (Å²) in [5, 5.41) is 0. The van der Waals surface area contributed by atoms with Gasteiger partial charge in [-0.2, -0.15) is 0 Å². The molecule has 3 heterocycles. The Bertz CT molecular complexity index is 1450. The Morgan fingerprint density at radius 2 is 0.788 bits per heavy atom. The van der Waals surface area contributed by atoms with Crippen molar-refractivity contribution in [3.63, 3.8) is 0 Å². The summed E-state index contributed by atoms with van der Waals surface area (Å²) in [5.41, 5.74) is -2.39. The Balaban J connectivity index is 0.000000216. The third-order valence-electron chi connectivity index (χ3n) is 9.87. The normalized spacial score (nSPS) is 22.3. The predicted molar refractivity (Wildman–Crippen MR) is 209 cm³/mol. The van der Waals surface area contributed by atoms with Gasteiger partial charge in [-0.1, -0.05) is 15.9 Å². The molecule has 0 N–H and O–H groups in total. The van der Waals surface area contributed by atoms with Crippen molar-refractivity contribution in [2.45, 2.75) is 169 Å². The molecular weight excluding hydrogens is 735 g/mol. The van der Waals surface area contributed by atoms with Gasteiger partial charge in [0.25, 0.3) is 0 Å². The highest BCUT2D eigenvalue weighted by atomic mass is 79.9. The molecule has 3 aliphatic heterocycles. The molecule has 0 amide bonds. The van der Waals surface area contributed by atoms with Crippen LogP contribution in [0.3, 0.4) is 0 Å². The van der Waals surface area contributed by atoms with Crippen LogP contribution in [0.4, 0.5) is 8.78 Å². The standard InChI is InChI=1S/C16H24BFO3.C12H24B2O4.C10H12BrFO/c1-14(2,3)19-13-9-11(8-12(18)10-13)17-20-15(4,5)16(6,7)21-17;1-9(2)10(3,4)16-13(15-9)14-17-11(5,6)12(7,8)18-14;1-10(2,3)13-9-5-7(11)4-8(12)6-9/h8-10H,1-7H3;1-8H3;4-6H,1-3H3. The smallest absolute Gasteiger partial charge is 0.488 e. The summed E-state index contributed by atoms with van der Waals surface area (Å²) in [6, 6.07) is 9.09. The van der Waals surface area contributed by atoms with E-state index in [1.165, 1.54) is 24.3 Å². The largest absolute Gasteiger partial charge is 0.495 e. The highest BCUT2D eigenvalue weighted by Crippen LogP contribution is 2.43. The third kappa shape index (κ3) is 11.4. The van der Waals surface area contributed by atoms with E-state index in [2.05, 4.69) is 15.9 Å². The van der Waals surface area contributed by atoms with Crippen molar-refractivity contribution < 1.29 is 46.2 Å². The van der Waals surface area contributed by atoms with Gasteiger partial charge in [-0.25, -0.2) is 8.78 Å². The molecule has 0 unspecified atom stereocenters. The zero-order valence-electron chi connectivity index (χ0n) is 34.6. The van der Waals surface area contributed by atoms with E-state index in [1.54, 1.807) is 12.1 Å². The predicted octanol–water partition coefficient (Wildman–Crippen LogP) is 9.32. The summed E-state index contributed by atoms with van der Waals surface area (Å²) >= 11 is 3.20. The van der Waals surface area contributed by atoms with Crippen LogP contribution < -0.4 is 14.9 Å². The van der Waals surface area contributed by atoms with Crippen molar-refractivity contribution >= 4 is 42.5 Å². The van der Waals surface area contributed by atoms with E-state index in [0.717, 1.165) is 0 Å². The van der Waals surface area contributed by atoms with Crippen LogP contribution in [0.15, 0.2) is 40.9 Å². The highest BCUT2D eigenvalue weighted by molar-refractivity contribution is 9.10. The molecule has 0 saturated carbocycles. The van der Waals surface area contributed by atoms with Gasteiger partial charge in [0.2, 0.25) is 0 Å². The van der Waals surface area contributed by atoms with Crippen molar-refractivity contribution in [3.05, 3.63) is 52.5 Å². The molecule has 0 atom stereocenters. The minimum absolute atomic E-state index is 0.298. The van der Waals surface area contributed by atoms with Gasteiger partial charge >= 0.3 is 21.1 Å². The van der Waals surface area contributed by atoms with Gasteiger partial charge in [-0.3, -0.25) is 0 Å². The molecule has 0 spiro atoms. The van der Waals surface area contributed by atoms with E-state index < -0.39 is 32.3 Å². The molecular formula is C38H60B3BrF2O8. The average molecular weight is 795 g/mol. The second kappa shape index (κ2) is 15.1. The van der Waals surface area contributed by atoms with Gasteiger partial charge in [0, 0.05) is 16.6 Å². The summed E-state index contributed by atoms with van der Waals surface area (Å²) in [6.45, 7) is 35.6. The summed E-state index contributed by atoms with van der Waals surface area (Å²) in [4.78, 5) is 0. The van der Waals surface area contributed by atoms with Gasteiger partial charge in [0.15, 0.2) is 0 Å². The Morgan fingerprint density at radius 3 is 1.12 bits per heavy atom. The minimum atomic E-state index is -0.590. The van der Waals surface area contributed by atoms with Crippen LogP contribution in [0.5, 0.6) is 11.5 Å². The maximum atomic E-state index is 13.9. The van der Waals surface area contributed by atoms with Crippen molar-refractivity contribution in [2.24, 2.45) is 0 Å². The maximum absolute atomic E-state index is 13.9. The fourth-order valence-electron chi connectivity index (χ4n) is 5.05. The van der Waals surface area contributed by atoms with Crippen LogP contribution in [0.2, 0.25) is 0 Å². The number of halogens is 3. The first-order chi connectivity index (χ1) is 23.1.